The van der Waals surface area contributed by atoms with Crippen LogP contribution in [0, 0.1) is 0 Å². The lowest BCUT2D eigenvalue weighted by molar-refractivity contribution is -0.118. The van der Waals surface area contributed by atoms with Crippen LogP contribution in [0.1, 0.15) is 6.92 Å². The maximum Gasteiger partial charge on any atom is 0.226 e. The van der Waals surface area contributed by atoms with Gasteiger partial charge >= 0.3 is 0 Å². The quantitative estimate of drug-likeness (QED) is 0.494. The lowest BCUT2D eigenvalue weighted by Gasteiger charge is -1.90. The maximum atomic E-state index is 10.1. The molecule has 0 aromatic heterocycles. The van der Waals surface area contributed by atoms with E-state index in [2.05, 4.69) is 0 Å². The van der Waals surface area contributed by atoms with Gasteiger partial charge in [0.1, 0.15) is 0 Å². The van der Waals surface area contributed by atoms with Crippen molar-refractivity contribution in [3.8, 4) is 0 Å². The van der Waals surface area contributed by atoms with Crippen molar-refractivity contribution in [2.75, 3.05) is 6.61 Å². The third-order valence-corrected chi connectivity index (χ3v) is 0.853. The highest BCUT2D eigenvalue weighted by molar-refractivity contribution is 6.25. The van der Waals surface area contributed by atoms with Gasteiger partial charge in [-0.1, -0.05) is 0 Å². The molecule has 0 rings (SSSR count). The lowest BCUT2D eigenvalue weighted by atomic mass is 10.5. The van der Waals surface area contributed by atoms with E-state index in [1.165, 1.54) is 6.92 Å². The standard InChI is InChI=1S/C4H8O2Si/c1-4(5)3-6-7-2/h3H2,1-2H3. The van der Waals surface area contributed by atoms with Crippen LogP contribution in [0.15, 0.2) is 0 Å². The molecule has 0 saturated heterocycles. The predicted molar refractivity (Wildman–Crippen MR) is 28.3 cm³/mol. The van der Waals surface area contributed by atoms with Gasteiger partial charge in [-0.25, -0.2) is 0 Å². The predicted octanol–water partition coefficient (Wildman–Crippen LogP) is 0.259. The zero-order chi connectivity index (χ0) is 5.70. The Bertz CT molecular complexity index is 62.7. The molecule has 0 aliphatic rings. The van der Waals surface area contributed by atoms with Gasteiger partial charge in [-0.05, 0) is 13.5 Å². The largest absolute Gasteiger partial charge is 0.410 e. The lowest BCUT2D eigenvalue weighted by Crippen LogP contribution is -2.04. The monoisotopic (exact) mass is 116 g/mol. The van der Waals surface area contributed by atoms with E-state index in [1.807, 2.05) is 6.55 Å². The second-order valence-electron chi connectivity index (χ2n) is 1.19. The molecule has 2 nitrogen and oxygen atoms in total. The molecule has 0 aliphatic carbocycles. The number of hydrogen-bond donors (Lipinski definition) is 0. The fraction of sp³-hybridized carbons (Fsp3) is 0.750. The number of ketones is 1. The van der Waals surface area contributed by atoms with Crippen molar-refractivity contribution >= 4 is 15.5 Å². The SMILES string of the molecule is C[Si]OCC(C)=O. The molecule has 0 aromatic rings. The first-order valence-corrected chi connectivity index (χ1v) is 3.46. The summed E-state index contributed by atoms with van der Waals surface area (Å²) >= 11 is 0. The smallest absolute Gasteiger partial charge is 0.226 e. The first-order valence-electron chi connectivity index (χ1n) is 2.05. The normalized spacial score (nSPS) is 8.86. The molecule has 0 fully saturated rings. The fourth-order valence-corrected chi connectivity index (χ4v) is 0.521. The van der Waals surface area contributed by atoms with Crippen LogP contribution in [0.4, 0.5) is 0 Å². The van der Waals surface area contributed by atoms with E-state index in [4.69, 9.17) is 4.43 Å². The number of carbonyl (C=O) groups is 1. The van der Waals surface area contributed by atoms with E-state index in [-0.39, 0.29) is 12.4 Å². The second-order valence-corrected chi connectivity index (χ2v) is 1.89. The van der Waals surface area contributed by atoms with Crippen molar-refractivity contribution in [3.05, 3.63) is 0 Å². The summed E-state index contributed by atoms with van der Waals surface area (Å²) in [4.78, 5) is 10.1. The topological polar surface area (TPSA) is 26.3 Å². The third-order valence-electron chi connectivity index (χ3n) is 0.420. The van der Waals surface area contributed by atoms with Gasteiger partial charge in [0.15, 0.2) is 5.78 Å². The molecule has 40 valence electrons. The summed E-state index contributed by atoms with van der Waals surface area (Å²) in [6, 6.07) is 0. The average molecular weight is 116 g/mol. The summed E-state index contributed by atoms with van der Waals surface area (Å²) in [6.45, 7) is 3.68. The summed E-state index contributed by atoms with van der Waals surface area (Å²) in [5.41, 5.74) is 0. The molecular weight excluding hydrogens is 108 g/mol. The van der Waals surface area contributed by atoms with E-state index >= 15 is 0 Å². The van der Waals surface area contributed by atoms with Crippen LogP contribution in [0.5, 0.6) is 0 Å². The minimum Gasteiger partial charge on any atom is -0.410 e. The average Bonchev–Trinajstić information content (AvgIpc) is 1.61. The number of hydrogen-bond acceptors (Lipinski definition) is 2. The highest BCUT2D eigenvalue weighted by atomic mass is 28.2. The van der Waals surface area contributed by atoms with E-state index in [1.54, 1.807) is 0 Å². The van der Waals surface area contributed by atoms with Crippen molar-refractivity contribution in [2.24, 2.45) is 0 Å². The molecule has 0 aliphatic heterocycles. The van der Waals surface area contributed by atoms with Crippen molar-refractivity contribution < 1.29 is 9.22 Å². The van der Waals surface area contributed by atoms with Gasteiger partial charge in [0.2, 0.25) is 9.76 Å². The number of carbonyl (C=O) groups excluding carboxylic acids is 1. The van der Waals surface area contributed by atoms with Crippen LogP contribution in [0.2, 0.25) is 6.55 Å². The van der Waals surface area contributed by atoms with Gasteiger partial charge in [0, 0.05) is 0 Å². The van der Waals surface area contributed by atoms with Gasteiger partial charge in [0.05, 0.1) is 6.61 Å². The Balaban J connectivity index is 2.82. The Hall–Kier alpha value is -0.153. The van der Waals surface area contributed by atoms with Crippen molar-refractivity contribution in [3.63, 3.8) is 0 Å². The summed E-state index contributed by atoms with van der Waals surface area (Å²) in [5.74, 6) is 0.0920. The Morgan fingerprint density at radius 1 is 1.86 bits per heavy atom. The van der Waals surface area contributed by atoms with E-state index in [0.717, 1.165) is 0 Å². The molecule has 2 radical (unpaired) electrons. The van der Waals surface area contributed by atoms with Gasteiger partial charge in [0.25, 0.3) is 0 Å². The molecule has 0 spiro atoms. The first kappa shape index (κ1) is 6.85. The van der Waals surface area contributed by atoms with Crippen LogP contribution in [0.3, 0.4) is 0 Å². The molecule has 0 saturated carbocycles. The molecule has 0 bridgehead atoms. The molecule has 0 heterocycles. The summed E-state index contributed by atoms with van der Waals surface area (Å²) in [6.07, 6.45) is 0. The van der Waals surface area contributed by atoms with Gasteiger partial charge in [-0.2, -0.15) is 0 Å². The summed E-state index contributed by atoms with van der Waals surface area (Å²) in [7, 11) is 0.430. The molecule has 0 amide bonds. The summed E-state index contributed by atoms with van der Waals surface area (Å²) in [5, 5.41) is 0. The molecule has 0 N–H and O–H groups in total. The van der Waals surface area contributed by atoms with E-state index in [0.29, 0.717) is 9.76 Å². The van der Waals surface area contributed by atoms with Crippen LogP contribution >= 0.6 is 0 Å². The Labute approximate surface area is 45.8 Å². The zero-order valence-electron chi connectivity index (χ0n) is 4.52. The molecule has 3 heteroatoms. The van der Waals surface area contributed by atoms with Crippen molar-refractivity contribution in [1.29, 1.82) is 0 Å². The molecular formula is C4H8O2Si. The van der Waals surface area contributed by atoms with Crippen LogP contribution < -0.4 is 0 Å². The Morgan fingerprint density at radius 3 is 2.57 bits per heavy atom. The second kappa shape index (κ2) is 4.02. The van der Waals surface area contributed by atoms with Crippen molar-refractivity contribution in [1.82, 2.24) is 0 Å². The van der Waals surface area contributed by atoms with E-state index in [9.17, 15) is 4.79 Å². The van der Waals surface area contributed by atoms with Crippen LogP contribution in [-0.2, 0) is 9.22 Å². The molecule has 0 unspecified atom stereocenters. The Kier molecular flexibility index (Phi) is 3.93. The maximum absolute atomic E-state index is 10.1. The minimum absolute atomic E-state index is 0.0920. The molecule has 0 aromatic carbocycles. The number of rotatable bonds is 3. The third kappa shape index (κ3) is 5.85. The highest BCUT2D eigenvalue weighted by Crippen LogP contribution is 1.70. The number of Topliss-reactive ketones (excluding diaryl/α,β-unsaturated/α-hetero) is 1. The van der Waals surface area contributed by atoms with Crippen molar-refractivity contribution in [2.45, 2.75) is 13.5 Å². The Morgan fingerprint density at radius 2 is 2.43 bits per heavy atom. The zero-order valence-corrected chi connectivity index (χ0v) is 5.52. The molecule has 7 heavy (non-hydrogen) atoms. The summed E-state index contributed by atoms with van der Waals surface area (Å²) < 4.78 is 4.77. The molecule has 0 atom stereocenters. The van der Waals surface area contributed by atoms with Crippen LogP contribution in [0.25, 0.3) is 0 Å². The first-order chi connectivity index (χ1) is 3.27. The van der Waals surface area contributed by atoms with Gasteiger partial charge < -0.3 is 4.43 Å². The van der Waals surface area contributed by atoms with Crippen LogP contribution in [-0.4, -0.2) is 22.2 Å². The van der Waals surface area contributed by atoms with Gasteiger partial charge in [-0.3, -0.25) is 4.79 Å². The highest BCUT2D eigenvalue weighted by Gasteiger charge is 1.87. The fourth-order valence-electron chi connectivity index (χ4n) is 0.174. The minimum atomic E-state index is 0.0920. The van der Waals surface area contributed by atoms with E-state index < -0.39 is 0 Å². The van der Waals surface area contributed by atoms with Gasteiger partial charge in [-0.15, -0.1) is 0 Å².